The molecule has 0 unspecified atom stereocenters. The van der Waals surface area contributed by atoms with E-state index in [9.17, 15) is 4.79 Å². The molecule has 1 aliphatic rings. The van der Waals surface area contributed by atoms with Crippen LogP contribution in [0.15, 0.2) is 28.7 Å². The number of ether oxygens (including phenoxy) is 3. The third-order valence-corrected chi connectivity index (χ3v) is 4.73. The van der Waals surface area contributed by atoms with Crippen molar-refractivity contribution in [2.24, 2.45) is 0 Å². The molecule has 6 heteroatoms. The predicted molar refractivity (Wildman–Crippen MR) is 104 cm³/mol. The van der Waals surface area contributed by atoms with Crippen LogP contribution in [0.2, 0.25) is 0 Å². The Labute approximate surface area is 164 Å². The normalized spacial score (nSPS) is 16.4. The van der Waals surface area contributed by atoms with Gasteiger partial charge in [0.05, 0.1) is 6.61 Å². The highest BCUT2D eigenvalue weighted by atomic mass is 79.9. The quantitative estimate of drug-likeness (QED) is 0.382. The molecule has 5 nitrogen and oxygen atoms in total. The highest BCUT2D eigenvalue weighted by Gasteiger charge is 2.35. The molecule has 1 aromatic carbocycles. The fourth-order valence-electron chi connectivity index (χ4n) is 2.85. The summed E-state index contributed by atoms with van der Waals surface area (Å²) in [5.41, 5.74) is -0.711. The number of hydrogen-bond acceptors (Lipinski definition) is 5. The van der Waals surface area contributed by atoms with Gasteiger partial charge in [0.15, 0.2) is 5.60 Å². The largest absolute Gasteiger partial charge is 0.481 e. The standard InChI is InChI=1S/C20H26BrNO4/c1-3-24-16-14-22-12-10-20(11-13-22,26-17(2)23)9-4-15-25-19-7-5-18(21)6-8-19/h5-8H,3,10-16H2,1-2H3. The number of piperidine rings is 1. The summed E-state index contributed by atoms with van der Waals surface area (Å²) in [5.74, 6) is 6.64. The number of halogens is 1. The Balaban J connectivity index is 1.89. The molecule has 26 heavy (non-hydrogen) atoms. The highest BCUT2D eigenvalue weighted by molar-refractivity contribution is 9.10. The van der Waals surface area contributed by atoms with Gasteiger partial charge < -0.3 is 19.1 Å². The molecule has 1 saturated heterocycles. The molecule has 1 aliphatic heterocycles. The average Bonchev–Trinajstić information content (AvgIpc) is 2.62. The summed E-state index contributed by atoms with van der Waals surface area (Å²) in [6, 6.07) is 7.59. The third-order valence-electron chi connectivity index (χ3n) is 4.20. The van der Waals surface area contributed by atoms with E-state index in [1.807, 2.05) is 31.2 Å². The minimum atomic E-state index is -0.711. The molecule has 0 atom stereocenters. The van der Waals surface area contributed by atoms with E-state index in [1.165, 1.54) is 6.92 Å². The van der Waals surface area contributed by atoms with E-state index in [4.69, 9.17) is 14.2 Å². The van der Waals surface area contributed by atoms with Gasteiger partial charge in [0.25, 0.3) is 0 Å². The lowest BCUT2D eigenvalue weighted by Crippen LogP contribution is -2.47. The summed E-state index contributed by atoms with van der Waals surface area (Å²) in [7, 11) is 0. The first-order valence-electron chi connectivity index (χ1n) is 8.91. The van der Waals surface area contributed by atoms with Crippen molar-refractivity contribution in [2.75, 3.05) is 39.5 Å². The molecule has 0 aliphatic carbocycles. The van der Waals surface area contributed by atoms with Gasteiger partial charge >= 0.3 is 5.97 Å². The number of benzene rings is 1. The van der Waals surface area contributed by atoms with Crippen LogP contribution in [0.5, 0.6) is 5.75 Å². The molecule has 1 fully saturated rings. The highest BCUT2D eigenvalue weighted by Crippen LogP contribution is 2.26. The maximum Gasteiger partial charge on any atom is 0.304 e. The van der Waals surface area contributed by atoms with Crippen LogP contribution in [0.3, 0.4) is 0 Å². The van der Waals surface area contributed by atoms with E-state index in [-0.39, 0.29) is 12.6 Å². The molecule has 2 rings (SSSR count). The lowest BCUT2D eigenvalue weighted by molar-refractivity contribution is -0.155. The molecular weight excluding hydrogens is 398 g/mol. The Bertz CT molecular complexity index is 627. The van der Waals surface area contributed by atoms with Crippen LogP contribution in [0.1, 0.15) is 26.7 Å². The lowest BCUT2D eigenvalue weighted by atomic mass is 9.91. The second-order valence-corrected chi connectivity index (χ2v) is 7.09. The summed E-state index contributed by atoms with van der Waals surface area (Å²) in [6.07, 6.45) is 1.40. The second kappa shape index (κ2) is 10.6. The zero-order valence-corrected chi connectivity index (χ0v) is 17.0. The van der Waals surface area contributed by atoms with E-state index < -0.39 is 5.60 Å². The third kappa shape index (κ3) is 6.99. The van der Waals surface area contributed by atoms with Gasteiger partial charge in [-0.05, 0) is 31.2 Å². The molecule has 0 bridgehead atoms. The Morgan fingerprint density at radius 1 is 1.27 bits per heavy atom. The lowest BCUT2D eigenvalue weighted by Gasteiger charge is -2.37. The monoisotopic (exact) mass is 423 g/mol. The fourth-order valence-corrected chi connectivity index (χ4v) is 3.12. The summed E-state index contributed by atoms with van der Waals surface area (Å²) in [6.45, 7) is 7.71. The van der Waals surface area contributed by atoms with Gasteiger partial charge in [0.1, 0.15) is 12.4 Å². The van der Waals surface area contributed by atoms with Crippen LogP contribution in [-0.2, 0) is 14.3 Å². The van der Waals surface area contributed by atoms with Crippen LogP contribution >= 0.6 is 15.9 Å². The first kappa shape index (κ1) is 20.8. The maximum absolute atomic E-state index is 11.5. The molecule has 0 aromatic heterocycles. The Hall–Kier alpha value is -1.55. The van der Waals surface area contributed by atoms with Crippen LogP contribution in [0, 0.1) is 11.8 Å². The number of rotatable bonds is 7. The van der Waals surface area contributed by atoms with Crippen molar-refractivity contribution in [3.8, 4) is 17.6 Å². The zero-order valence-electron chi connectivity index (χ0n) is 15.4. The van der Waals surface area contributed by atoms with Crippen LogP contribution in [-0.4, -0.2) is 55.9 Å². The molecule has 0 spiro atoms. The number of esters is 1. The molecule has 0 saturated carbocycles. The van der Waals surface area contributed by atoms with Gasteiger partial charge in [-0.3, -0.25) is 4.79 Å². The zero-order chi connectivity index (χ0) is 18.8. The van der Waals surface area contributed by atoms with Crippen molar-refractivity contribution in [3.05, 3.63) is 28.7 Å². The van der Waals surface area contributed by atoms with Crippen molar-refractivity contribution in [1.82, 2.24) is 4.90 Å². The summed E-state index contributed by atoms with van der Waals surface area (Å²) >= 11 is 3.39. The molecule has 0 N–H and O–H groups in total. The molecular formula is C20H26BrNO4. The first-order valence-corrected chi connectivity index (χ1v) is 9.70. The molecule has 1 aromatic rings. The van der Waals surface area contributed by atoms with Gasteiger partial charge in [-0.1, -0.05) is 27.8 Å². The summed E-state index contributed by atoms with van der Waals surface area (Å²) in [5, 5.41) is 0. The SMILES string of the molecule is CCOCCN1CCC(C#CCOc2ccc(Br)cc2)(OC(C)=O)CC1. The number of carbonyl (C=O) groups excluding carboxylic acids is 1. The molecule has 142 valence electrons. The van der Waals surface area contributed by atoms with Gasteiger partial charge in [-0.2, -0.15) is 0 Å². The number of hydrogen-bond donors (Lipinski definition) is 0. The van der Waals surface area contributed by atoms with Gasteiger partial charge in [-0.15, -0.1) is 0 Å². The maximum atomic E-state index is 11.5. The van der Waals surface area contributed by atoms with E-state index in [0.717, 1.165) is 43.1 Å². The van der Waals surface area contributed by atoms with E-state index in [0.29, 0.717) is 12.8 Å². The number of nitrogens with zero attached hydrogens (tertiary/aromatic N) is 1. The van der Waals surface area contributed by atoms with Gasteiger partial charge in [0, 0.05) is 50.5 Å². The molecule has 0 amide bonds. The summed E-state index contributed by atoms with van der Waals surface area (Å²) in [4.78, 5) is 13.9. The summed E-state index contributed by atoms with van der Waals surface area (Å²) < 4.78 is 17.6. The van der Waals surface area contributed by atoms with Crippen molar-refractivity contribution < 1.29 is 19.0 Å². The Kier molecular flexibility index (Phi) is 8.43. The fraction of sp³-hybridized carbons (Fsp3) is 0.550. The molecule has 1 heterocycles. The van der Waals surface area contributed by atoms with Gasteiger partial charge in [-0.25, -0.2) is 0 Å². The first-order chi connectivity index (χ1) is 12.5. The molecule has 0 radical (unpaired) electrons. The van der Waals surface area contributed by atoms with E-state index in [1.54, 1.807) is 0 Å². The van der Waals surface area contributed by atoms with Crippen molar-refractivity contribution >= 4 is 21.9 Å². The minimum Gasteiger partial charge on any atom is -0.481 e. The Morgan fingerprint density at radius 2 is 1.96 bits per heavy atom. The Morgan fingerprint density at radius 3 is 2.58 bits per heavy atom. The number of likely N-dealkylation sites (tertiary alicyclic amines) is 1. The minimum absolute atomic E-state index is 0.263. The van der Waals surface area contributed by atoms with E-state index in [2.05, 4.69) is 32.7 Å². The van der Waals surface area contributed by atoms with E-state index >= 15 is 0 Å². The van der Waals surface area contributed by atoms with Crippen LogP contribution in [0.25, 0.3) is 0 Å². The van der Waals surface area contributed by atoms with Crippen molar-refractivity contribution in [2.45, 2.75) is 32.3 Å². The van der Waals surface area contributed by atoms with Crippen LogP contribution in [0.4, 0.5) is 0 Å². The smallest absolute Gasteiger partial charge is 0.304 e. The predicted octanol–water partition coefficient (Wildman–Crippen LogP) is 3.27. The second-order valence-electron chi connectivity index (χ2n) is 6.17. The van der Waals surface area contributed by atoms with Crippen molar-refractivity contribution in [1.29, 1.82) is 0 Å². The van der Waals surface area contributed by atoms with Gasteiger partial charge in [0.2, 0.25) is 0 Å². The average molecular weight is 424 g/mol. The van der Waals surface area contributed by atoms with Crippen LogP contribution < -0.4 is 4.74 Å². The topological polar surface area (TPSA) is 48.0 Å². The van der Waals surface area contributed by atoms with Crippen molar-refractivity contribution in [3.63, 3.8) is 0 Å². The number of carbonyl (C=O) groups is 1.